The molecule has 20 heavy (non-hydrogen) atoms. The molecule has 0 fully saturated rings. The Labute approximate surface area is 121 Å². The standard InChI is InChI=1S/C14H19NO4S/c1-2-3-4-10(14(17)18)15-13(16)12-7-9-8-19-6-5-11(9)20-12/h7,10H,2-6,8H2,1H3,(H,15,16)(H,17,18)/t10-/m0/s1. The molecule has 0 saturated carbocycles. The molecule has 5 nitrogen and oxygen atoms in total. The van der Waals surface area contributed by atoms with Gasteiger partial charge < -0.3 is 15.2 Å². The van der Waals surface area contributed by atoms with E-state index >= 15 is 0 Å². The van der Waals surface area contributed by atoms with Gasteiger partial charge in [0.2, 0.25) is 0 Å². The van der Waals surface area contributed by atoms with Crippen LogP contribution < -0.4 is 5.32 Å². The van der Waals surface area contributed by atoms with Gasteiger partial charge in [0, 0.05) is 11.3 Å². The first kappa shape index (κ1) is 15.0. The van der Waals surface area contributed by atoms with Crippen molar-refractivity contribution >= 4 is 23.2 Å². The molecule has 0 unspecified atom stereocenters. The number of aliphatic carboxylic acids is 1. The molecular weight excluding hydrogens is 278 g/mol. The molecule has 0 radical (unpaired) electrons. The molecule has 1 aromatic heterocycles. The average Bonchev–Trinajstić information content (AvgIpc) is 2.86. The zero-order chi connectivity index (χ0) is 14.5. The summed E-state index contributed by atoms with van der Waals surface area (Å²) in [7, 11) is 0. The van der Waals surface area contributed by atoms with Crippen molar-refractivity contribution in [2.24, 2.45) is 0 Å². The van der Waals surface area contributed by atoms with Gasteiger partial charge in [0.25, 0.3) is 5.91 Å². The molecule has 2 rings (SSSR count). The van der Waals surface area contributed by atoms with E-state index < -0.39 is 12.0 Å². The number of hydrogen-bond donors (Lipinski definition) is 2. The number of amides is 1. The van der Waals surface area contributed by atoms with Crippen LogP contribution in [0.1, 0.15) is 46.3 Å². The molecule has 0 aromatic carbocycles. The number of rotatable bonds is 6. The Hall–Kier alpha value is -1.40. The Morgan fingerprint density at radius 1 is 1.55 bits per heavy atom. The first-order valence-electron chi connectivity index (χ1n) is 6.84. The van der Waals surface area contributed by atoms with Crippen LogP contribution in [0.4, 0.5) is 0 Å². The molecule has 110 valence electrons. The summed E-state index contributed by atoms with van der Waals surface area (Å²) >= 11 is 1.44. The second-order valence-electron chi connectivity index (χ2n) is 4.87. The number of unbranched alkanes of at least 4 members (excludes halogenated alkanes) is 1. The lowest BCUT2D eigenvalue weighted by atomic mass is 10.1. The van der Waals surface area contributed by atoms with Crippen molar-refractivity contribution < 1.29 is 19.4 Å². The molecule has 1 aliphatic heterocycles. The van der Waals surface area contributed by atoms with Gasteiger partial charge in [0.05, 0.1) is 18.1 Å². The van der Waals surface area contributed by atoms with Gasteiger partial charge >= 0.3 is 5.97 Å². The smallest absolute Gasteiger partial charge is 0.326 e. The Morgan fingerprint density at radius 3 is 3.00 bits per heavy atom. The van der Waals surface area contributed by atoms with Crippen molar-refractivity contribution in [3.8, 4) is 0 Å². The maximum Gasteiger partial charge on any atom is 0.326 e. The van der Waals surface area contributed by atoms with Crippen molar-refractivity contribution in [2.75, 3.05) is 6.61 Å². The Bertz CT molecular complexity index is 474. The fourth-order valence-corrected chi connectivity index (χ4v) is 3.21. The van der Waals surface area contributed by atoms with E-state index in [-0.39, 0.29) is 5.91 Å². The van der Waals surface area contributed by atoms with Crippen LogP contribution in [0.5, 0.6) is 0 Å². The lowest BCUT2D eigenvalue weighted by molar-refractivity contribution is -0.139. The Kier molecular flexibility index (Phi) is 5.14. The number of fused-ring (bicyclic) bond motifs is 1. The van der Waals surface area contributed by atoms with E-state index in [1.54, 1.807) is 0 Å². The summed E-state index contributed by atoms with van der Waals surface area (Å²) in [6.45, 7) is 3.22. The van der Waals surface area contributed by atoms with Gasteiger partial charge in [-0.05, 0) is 18.1 Å². The van der Waals surface area contributed by atoms with E-state index in [9.17, 15) is 9.59 Å². The molecule has 1 amide bonds. The molecule has 0 spiro atoms. The summed E-state index contributed by atoms with van der Waals surface area (Å²) in [5, 5.41) is 11.7. The van der Waals surface area contributed by atoms with Gasteiger partial charge in [-0.3, -0.25) is 4.79 Å². The molecule has 2 N–H and O–H groups in total. The van der Waals surface area contributed by atoms with Crippen molar-refractivity contribution in [1.82, 2.24) is 5.32 Å². The zero-order valence-corrected chi connectivity index (χ0v) is 12.3. The SMILES string of the molecule is CCCC[C@H](NC(=O)c1cc2c(s1)CCOC2)C(=O)O. The molecule has 1 atom stereocenters. The number of carbonyl (C=O) groups excluding carboxylic acids is 1. The zero-order valence-electron chi connectivity index (χ0n) is 11.5. The van der Waals surface area contributed by atoms with Crippen LogP contribution in [0.15, 0.2) is 6.07 Å². The van der Waals surface area contributed by atoms with Gasteiger partial charge in [-0.1, -0.05) is 19.8 Å². The third kappa shape index (κ3) is 3.58. The molecule has 6 heteroatoms. The van der Waals surface area contributed by atoms with Crippen molar-refractivity contribution in [2.45, 2.75) is 45.3 Å². The van der Waals surface area contributed by atoms with Gasteiger partial charge in [-0.15, -0.1) is 11.3 Å². The van der Waals surface area contributed by atoms with Gasteiger partial charge in [-0.25, -0.2) is 4.79 Å². The van der Waals surface area contributed by atoms with Crippen LogP contribution >= 0.6 is 11.3 Å². The van der Waals surface area contributed by atoms with E-state index in [4.69, 9.17) is 9.84 Å². The maximum atomic E-state index is 12.1. The first-order valence-corrected chi connectivity index (χ1v) is 7.66. The van der Waals surface area contributed by atoms with E-state index in [1.807, 2.05) is 13.0 Å². The first-order chi connectivity index (χ1) is 9.61. The number of carboxylic acids is 1. The van der Waals surface area contributed by atoms with Crippen LogP contribution in [0.3, 0.4) is 0 Å². The Balaban J connectivity index is 2.02. The number of ether oxygens (including phenoxy) is 1. The quantitative estimate of drug-likeness (QED) is 0.844. The topological polar surface area (TPSA) is 75.6 Å². The molecular formula is C14H19NO4S. The van der Waals surface area contributed by atoms with Crippen LogP contribution in [0, 0.1) is 0 Å². The van der Waals surface area contributed by atoms with E-state index in [2.05, 4.69) is 5.32 Å². The van der Waals surface area contributed by atoms with E-state index in [1.165, 1.54) is 16.2 Å². The highest BCUT2D eigenvalue weighted by Crippen LogP contribution is 2.27. The van der Waals surface area contributed by atoms with Crippen molar-refractivity contribution in [3.63, 3.8) is 0 Å². The minimum Gasteiger partial charge on any atom is -0.480 e. The summed E-state index contributed by atoms with van der Waals surface area (Å²) in [6, 6.07) is 1.01. The molecule has 0 aliphatic carbocycles. The third-order valence-corrected chi connectivity index (χ3v) is 4.54. The van der Waals surface area contributed by atoms with Crippen LogP contribution in [-0.2, 0) is 22.6 Å². The second kappa shape index (κ2) is 6.85. The maximum absolute atomic E-state index is 12.1. The summed E-state index contributed by atoms with van der Waals surface area (Å²) in [5.74, 6) is -1.27. The lowest BCUT2D eigenvalue weighted by Crippen LogP contribution is -2.40. The van der Waals surface area contributed by atoms with Crippen molar-refractivity contribution in [3.05, 3.63) is 21.4 Å². The fraction of sp³-hybridized carbons (Fsp3) is 0.571. The third-order valence-electron chi connectivity index (χ3n) is 3.30. The lowest BCUT2D eigenvalue weighted by Gasteiger charge is -2.13. The van der Waals surface area contributed by atoms with Crippen LogP contribution in [-0.4, -0.2) is 29.6 Å². The Morgan fingerprint density at radius 2 is 2.35 bits per heavy atom. The van der Waals surface area contributed by atoms with E-state index in [0.29, 0.717) is 24.5 Å². The summed E-state index contributed by atoms with van der Waals surface area (Å²) < 4.78 is 5.34. The fourth-order valence-electron chi connectivity index (χ4n) is 2.15. The molecule has 1 aromatic rings. The summed E-state index contributed by atoms with van der Waals surface area (Å²) in [4.78, 5) is 25.0. The van der Waals surface area contributed by atoms with Gasteiger partial charge in [0.15, 0.2) is 0 Å². The molecule has 0 saturated heterocycles. The largest absolute Gasteiger partial charge is 0.480 e. The van der Waals surface area contributed by atoms with Gasteiger partial charge in [-0.2, -0.15) is 0 Å². The predicted molar refractivity (Wildman–Crippen MR) is 76.1 cm³/mol. The molecule has 1 aliphatic rings. The second-order valence-corrected chi connectivity index (χ2v) is 6.00. The minimum atomic E-state index is -0.976. The van der Waals surface area contributed by atoms with Crippen LogP contribution in [0.2, 0.25) is 0 Å². The number of hydrogen-bond acceptors (Lipinski definition) is 4. The predicted octanol–water partition coefficient (Wildman–Crippen LogP) is 2.19. The highest BCUT2D eigenvalue weighted by molar-refractivity contribution is 7.14. The summed E-state index contributed by atoms with van der Waals surface area (Å²) in [6.07, 6.45) is 2.98. The summed E-state index contributed by atoms with van der Waals surface area (Å²) in [5.41, 5.74) is 1.05. The number of carboxylic acid groups (broad SMARTS) is 1. The van der Waals surface area contributed by atoms with Crippen LogP contribution in [0.25, 0.3) is 0 Å². The minimum absolute atomic E-state index is 0.298. The van der Waals surface area contributed by atoms with E-state index in [0.717, 1.165) is 24.8 Å². The number of thiophene rings is 1. The highest BCUT2D eigenvalue weighted by Gasteiger charge is 2.23. The molecule has 0 bridgehead atoms. The number of nitrogens with one attached hydrogen (secondary N) is 1. The monoisotopic (exact) mass is 297 g/mol. The van der Waals surface area contributed by atoms with Crippen molar-refractivity contribution in [1.29, 1.82) is 0 Å². The normalized spacial score (nSPS) is 15.4. The van der Waals surface area contributed by atoms with Gasteiger partial charge in [0.1, 0.15) is 6.04 Å². The molecule has 2 heterocycles. The highest BCUT2D eigenvalue weighted by atomic mass is 32.1. The average molecular weight is 297 g/mol. The number of carbonyl (C=O) groups is 2.